The lowest BCUT2D eigenvalue weighted by atomic mass is 10.2. The Bertz CT molecular complexity index is 445. The number of ether oxygens (including phenoxy) is 1. The number of hydrogen-bond acceptors (Lipinski definition) is 1. The Morgan fingerprint density at radius 2 is 1.81 bits per heavy atom. The zero-order chi connectivity index (χ0) is 11.4. The van der Waals surface area contributed by atoms with Gasteiger partial charge in [0.15, 0.2) is 0 Å². The first-order valence-electron chi connectivity index (χ1n) is 5.18. The van der Waals surface area contributed by atoms with Gasteiger partial charge in [0.2, 0.25) is 0 Å². The third kappa shape index (κ3) is 3.01. The molecule has 0 atom stereocenters. The highest BCUT2D eigenvalue weighted by molar-refractivity contribution is 6.30. The number of rotatable bonds is 3. The average Bonchev–Trinajstić information content (AvgIpc) is 2.27. The maximum absolute atomic E-state index is 5.95. The van der Waals surface area contributed by atoms with Gasteiger partial charge in [0.05, 0.1) is 0 Å². The predicted octanol–water partition coefficient (Wildman–Crippen LogP) is 4.23. The molecule has 2 aromatic carbocycles. The fraction of sp³-hybridized carbons (Fsp3) is 0.143. The molecular formula is C14H13ClO. The second kappa shape index (κ2) is 5.04. The Hall–Kier alpha value is -1.47. The predicted molar refractivity (Wildman–Crippen MR) is 67.0 cm³/mol. The van der Waals surface area contributed by atoms with Crippen LogP contribution in [-0.2, 0) is 6.61 Å². The van der Waals surface area contributed by atoms with Crippen LogP contribution in [0.2, 0.25) is 5.02 Å². The normalized spacial score (nSPS) is 10.1. The molecule has 0 heterocycles. The quantitative estimate of drug-likeness (QED) is 0.770. The van der Waals surface area contributed by atoms with Crippen LogP contribution in [0.15, 0.2) is 48.5 Å². The van der Waals surface area contributed by atoms with Crippen molar-refractivity contribution in [1.82, 2.24) is 0 Å². The summed E-state index contributed by atoms with van der Waals surface area (Å²) in [6, 6.07) is 15.8. The molecule has 0 spiro atoms. The third-order valence-electron chi connectivity index (χ3n) is 2.26. The van der Waals surface area contributed by atoms with Crippen molar-refractivity contribution in [3.63, 3.8) is 0 Å². The fourth-order valence-corrected chi connectivity index (χ4v) is 1.81. The maximum atomic E-state index is 5.95. The van der Waals surface area contributed by atoms with Gasteiger partial charge in [-0.3, -0.25) is 0 Å². The molecule has 0 bridgehead atoms. The number of hydrogen-bond donors (Lipinski definition) is 0. The Labute approximate surface area is 101 Å². The highest BCUT2D eigenvalue weighted by Crippen LogP contribution is 2.21. The minimum absolute atomic E-state index is 0.570. The van der Waals surface area contributed by atoms with Gasteiger partial charge in [0.25, 0.3) is 0 Å². The van der Waals surface area contributed by atoms with Gasteiger partial charge in [0, 0.05) is 5.02 Å². The van der Waals surface area contributed by atoms with Crippen molar-refractivity contribution in [1.29, 1.82) is 0 Å². The Morgan fingerprint density at radius 1 is 1.06 bits per heavy atom. The summed E-state index contributed by atoms with van der Waals surface area (Å²) in [4.78, 5) is 0. The van der Waals surface area contributed by atoms with Gasteiger partial charge in [-0.15, -0.1) is 0 Å². The molecule has 82 valence electrons. The van der Waals surface area contributed by atoms with Crippen molar-refractivity contribution in [3.05, 3.63) is 64.7 Å². The Kier molecular flexibility index (Phi) is 3.47. The molecule has 0 aliphatic rings. The summed E-state index contributed by atoms with van der Waals surface area (Å²) < 4.78 is 5.67. The molecule has 0 unspecified atom stereocenters. The van der Waals surface area contributed by atoms with Crippen molar-refractivity contribution in [2.45, 2.75) is 13.5 Å². The van der Waals surface area contributed by atoms with E-state index in [2.05, 4.69) is 0 Å². The van der Waals surface area contributed by atoms with Crippen LogP contribution in [0.3, 0.4) is 0 Å². The monoisotopic (exact) mass is 232 g/mol. The molecule has 0 radical (unpaired) electrons. The van der Waals surface area contributed by atoms with Crippen molar-refractivity contribution in [2.75, 3.05) is 0 Å². The van der Waals surface area contributed by atoms with Crippen molar-refractivity contribution >= 4 is 11.6 Å². The molecule has 1 nitrogen and oxygen atoms in total. The first-order chi connectivity index (χ1) is 7.74. The zero-order valence-electron chi connectivity index (χ0n) is 9.11. The van der Waals surface area contributed by atoms with E-state index in [-0.39, 0.29) is 0 Å². The molecule has 0 aromatic heterocycles. The summed E-state index contributed by atoms with van der Waals surface area (Å²) in [7, 11) is 0. The largest absolute Gasteiger partial charge is 0.489 e. The smallest absolute Gasteiger partial charge is 0.121 e. The number of halogens is 1. The van der Waals surface area contributed by atoms with Gasteiger partial charge in [-0.1, -0.05) is 41.9 Å². The van der Waals surface area contributed by atoms with E-state index in [1.807, 2.05) is 55.5 Å². The number of aryl methyl sites for hydroxylation is 1. The van der Waals surface area contributed by atoms with Gasteiger partial charge in [-0.2, -0.15) is 0 Å². The minimum atomic E-state index is 0.570. The van der Waals surface area contributed by atoms with Crippen LogP contribution in [0, 0.1) is 6.92 Å². The molecule has 0 N–H and O–H groups in total. The summed E-state index contributed by atoms with van der Waals surface area (Å²) in [6.07, 6.45) is 0. The fourth-order valence-electron chi connectivity index (χ4n) is 1.53. The van der Waals surface area contributed by atoms with E-state index in [0.717, 1.165) is 16.9 Å². The molecular weight excluding hydrogens is 220 g/mol. The lowest BCUT2D eigenvalue weighted by Gasteiger charge is -2.07. The molecule has 16 heavy (non-hydrogen) atoms. The standard InChI is InChI=1S/C14H13ClO/c1-11-7-13(15)9-14(8-11)16-10-12-5-3-2-4-6-12/h2-9H,10H2,1H3. The van der Waals surface area contributed by atoms with Gasteiger partial charge in [-0.25, -0.2) is 0 Å². The second-order valence-corrected chi connectivity index (χ2v) is 4.17. The van der Waals surface area contributed by atoms with E-state index in [9.17, 15) is 0 Å². The maximum Gasteiger partial charge on any atom is 0.121 e. The van der Waals surface area contributed by atoms with Gasteiger partial charge in [-0.05, 0) is 36.2 Å². The van der Waals surface area contributed by atoms with Crippen LogP contribution in [0.1, 0.15) is 11.1 Å². The third-order valence-corrected chi connectivity index (χ3v) is 2.48. The molecule has 0 saturated carbocycles. The van der Waals surface area contributed by atoms with E-state index >= 15 is 0 Å². The lowest BCUT2D eigenvalue weighted by Crippen LogP contribution is -1.95. The van der Waals surface area contributed by atoms with Crippen LogP contribution in [-0.4, -0.2) is 0 Å². The van der Waals surface area contributed by atoms with E-state index < -0.39 is 0 Å². The van der Waals surface area contributed by atoms with Gasteiger partial charge in [0.1, 0.15) is 12.4 Å². The topological polar surface area (TPSA) is 9.23 Å². The number of benzene rings is 2. The van der Waals surface area contributed by atoms with Crippen LogP contribution < -0.4 is 4.74 Å². The SMILES string of the molecule is Cc1cc(Cl)cc(OCc2ccccc2)c1. The summed E-state index contributed by atoms with van der Waals surface area (Å²) in [5, 5.41) is 0.711. The summed E-state index contributed by atoms with van der Waals surface area (Å²) in [5.74, 6) is 0.814. The summed E-state index contributed by atoms with van der Waals surface area (Å²) in [5.41, 5.74) is 2.26. The first-order valence-corrected chi connectivity index (χ1v) is 5.56. The van der Waals surface area contributed by atoms with Crippen molar-refractivity contribution in [2.24, 2.45) is 0 Å². The Balaban J connectivity index is 2.05. The first kappa shape index (κ1) is 11.0. The summed E-state index contributed by atoms with van der Waals surface area (Å²) >= 11 is 5.95. The van der Waals surface area contributed by atoms with Crippen LogP contribution in [0.5, 0.6) is 5.75 Å². The molecule has 0 saturated heterocycles. The van der Waals surface area contributed by atoms with E-state index in [1.54, 1.807) is 0 Å². The van der Waals surface area contributed by atoms with Crippen LogP contribution >= 0.6 is 11.6 Å². The average molecular weight is 233 g/mol. The molecule has 0 fully saturated rings. The van der Waals surface area contributed by atoms with Crippen molar-refractivity contribution < 1.29 is 4.74 Å². The van der Waals surface area contributed by atoms with E-state index in [4.69, 9.17) is 16.3 Å². The molecule has 2 rings (SSSR count). The van der Waals surface area contributed by atoms with Gasteiger partial charge >= 0.3 is 0 Å². The van der Waals surface area contributed by atoms with Crippen LogP contribution in [0.4, 0.5) is 0 Å². The highest BCUT2D eigenvalue weighted by Gasteiger charge is 1.98. The zero-order valence-corrected chi connectivity index (χ0v) is 9.87. The molecule has 0 aliphatic heterocycles. The summed E-state index contributed by atoms with van der Waals surface area (Å²) in [6.45, 7) is 2.57. The second-order valence-electron chi connectivity index (χ2n) is 3.74. The Morgan fingerprint density at radius 3 is 2.50 bits per heavy atom. The molecule has 0 amide bonds. The van der Waals surface area contributed by atoms with E-state index in [0.29, 0.717) is 11.6 Å². The molecule has 2 aromatic rings. The lowest BCUT2D eigenvalue weighted by molar-refractivity contribution is 0.306. The highest BCUT2D eigenvalue weighted by atomic mass is 35.5. The van der Waals surface area contributed by atoms with Crippen LogP contribution in [0.25, 0.3) is 0 Å². The van der Waals surface area contributed by atoms with E-state index in [1.165, 1.54) is 0 Å². The minimum Gasteiger partial charge on any atom is -0.489 e. The molecule has 0 aliphatic carbocycles. The van der Waals surface area contributed by atoms with Crippen molar-refractivity contribution in [3.8, 4) is 5.75 Å². The molecule has 2 heteroatoms. The van der Waals surface area contributed by atoms with Gasteiger partial charge < -0.3 is 4.74 Å².